The van der Waals surface area contributed by atoms with E-state index in [1.54, 1.807) is 24.3 Å². The highest BCUT2D eigenvalue weighted by Crippen LogP contribution is 2.41. The smallest absolute Gasteiger partial charge is 0.182 e. The molecule has 2 aliphatic rings. The van der Waals surface area contributed by atoms with Crippen molar-refractivity contribution in [3.8, 4) is 0 Å². The van der Waals surface area contributed by atoms with Crippen molar-refractivity contribution in [2.75, 3.05) is 19.7 Å². The van der Waals surface area contributed by atoms with Crippen LogP contribution in [0.3, 0.4) is 0 Å². The number of hydrogen-bond donors (Lipinski definition) is 0. The first kappa shape index (κ1) is 24.2. The molecule has 35 heavy (non-hydrogen) atoms. The molecule has 1 aliphatic carbocycles. The van der Waals surface area contributed by atoms with Crippen molar-refractivity contribution in [1.82, 2.24) is 4.90 Å². The SMILES string of the molecule is O=S(=O)(Cc1ccccc1COCC1CC(c2ccc(CN3CCCC3)cc2)C1)c1ccccc1. The van der Waals surface area contributed by atoms with Crippen molar-refractivity contribution in [3.05, 3.63) is 101 Å². The van der Waals surface area contributed by atoms with Crippen molar-refractivity contribution in [1.29, 1.82) is 0 Å². The molecule has 0 amide bonds. The number of sulfone groups is 1. The van der Waals surface area contributed by atoms with E-state index in [1.165, 1.54) is 37.1 Å². The molecule has 5 rings (SSSR count). The highest BCUT2D eigenvalue weighted by molar-refractivity contribution is 7.90. The molecule has 0 atom stereocenters. The highest BCUT2D eigenvalue weighted by atomic mass is 32.2. The van der Waals surface area contributed by atoms with Crippen molar-refractivity contribution in [3.63, 3.8) is 0 Å². The van der Waals surface area contributed by atoms with Crippen LogP contribution in [0.5, 0.6) is 0 Å². The Balaban J connectivity index is 1.09. The van der Waals surface area contributed by atoms with Gasteiger partial charge in [-0.1, -0.05) is 66.7 Å². The molecular formula is C30H35NO3S. The zero-order chi connectivity index (χ0) is 24.1. The normalized spacial score (nSPS) is 20.6. The maximum Gasteiger partial charge on any atom is 0.182 e. The van der Waals surface area contributed by atoms with E-state index >= 15 is 0 Å². The second kappa shape index (κ2) is 11.1. The fourth-order valence-electron chi connectivity index (χ4n) is 5.33. The molecule has 1 saturated carbocycles. The molecule has 1 saturated heterocycles. The summed E-state index contributed by atoms with van der Waals surface area (Å²) in [6.07, 6.45) is 5.00. The average Bonchev–Trinajstić information content (AvgIpc) is 3.36. The summed E-state index contributed by atoms with van der Waals surface area (Å²) in [5.41, 5.74) is 4.64. The van der Waals surface area contributed by atoms with E-state index in [4.69, 9.17) is 4.74 Å². The molecule has 4 nitrogen and oxygen atoms in total. The van der Waals surface area contributed by atoms with Crippen LogP contribution in [-0.4, -0.2) is 33.0 Å². The molecular weight excluding hydrogens is 454 g/mol. The summed E-state index contributed by atoms with van der Waals surface area (Å²) in [6.45, 7) is 4.73. The maximum absolute atomic E-state index is 12.8. The Labute approximate surface area is 209 Å². The van der Waals surface area contributed by atoms with Gasteiger partial charge in [0.1, 0.15) is 0 Å². The first-order valence-corrected chi connectivity index (χ1v) is 14.5. The van der Waals surface area contributed by atoms with Gasteiger partial charge in [-0.3, -0.25) is 4.90 Å². The van der Waals surface area contributed by atoms with Gasteiger partial charge in [0.05, 0.1) is 17.3 Å². The van der Waals surface area contributed by atoms with E-state index in [0.717, 1.165) is 37.1 Å². The predicted octanol–water partition coefficient (Wildman–Crippen LogP) is 5.97. The first-order valence-electron chi connectivity index (χ1n) is 12.8. The van der Waals surface area contributed by atoms with Crippen LogP contribution in [0, 0.1) is 5.92 Å². The monoisotopic (exact) mass is 489 g/mol. The molecule has 184 valence electrons. The summed E-state index contributed by atoms with van der Waals surface area (Å²) in [6, 6.07) is 25.6. The van der Waals surface area contributed by atoms with Gasteiger partial charge in [0, 0.05) is 13.2 Å². The molecule has 2 fully saturated rings. The van der Waals surface area contributed by atoms with Crippen LogP contribution < -0.4 is 0 Å². The third kappa shape index (κ3) is 6.21. The number of rotatable bonds is 10. The van der Waals surface area contributed by atoms with Crippen molar-refractivity contribution >= 4 is 9.84 Å². The number of benzene rings is 3. The molecule has 0 N–H and O–H groups in total. The zero-order valence-corrected chi connectivity index (χ0v) is 21.1. The molecule has 3 aromatic rings. The second-order valence-corrected chi connectivity index (χ2v) is 12.1. The molecule has 1 heterocycles. The van der Waals surface area contributed by atoms with Gasteiger partial charge < -0.3 is 4.74 Å². The lowest BCUT2D eigenvalue weighted by molar-refractivity contribution is 0.0506. The Morgan fingerprint density at radius 2 is 1.46 bits per heavy atom. The van der Waals surface area contributed by atoms with E-state index in [9.17, 15) is 8.42 Å². The van der Waals surface area contributed by atoms with Gasteiger partial charge in [0.25, 0.3) is 0 Å². The number of likely N-dealkylation sites (tertiary alicyclic amines) is 1. The molecule has 0 spiro atoms. The fraction of sp³-hybridized carbons (Fsp3) is 0.400. The minimum absolute atomic E-state index is 0.00416. The standard InChI is InChI=1S/C30H35NO3S/c32-35(33,30-10-2-1-3-11-30)23-28-9-5-4-8-27(28)22-34-21-25-18-29(19-25)26-14-12-24(13-15-26)20-31-16-6-7-17-31/h1-5,8-15,25,29H,6-7,16-23H2. The van der Waals surface area contributed by atoms with Gasteiger partial charge in [-0.15, -0.1) is 0 Å². The molecule has 1 aliphatic heterocycles. The fourth-order valence-corrected chi connectivity index (χ4v) is 6.76. The average molecular weight is 490 g/mol. The van der Waals surface area contributed by atoms with E-state index in [1.807, 2.05) is 30.3 Å². The minimum Gasteiger partial charge on any atom is -0.376 e. The molecule has 5 heteroatoms. The van der Waals surface area contributed by atoms with Crippen molar-refractivity contribution < 1.29 is 13.2 Å². The third-order valence-electron chi connectivity index (χ3n) is 7.47. The summed E-state index contributed by atoms with van der Waals surface area (Å²) >= 11 is 0. The minimum atomic E-state index is -3.38. The topological polar surface area (TPSA) is 46.6 Å². The largest absolute Gasteiger partial charge is 0.376 e. The van der Waals surface area contributed by atoms with Crippen LogP contribution in [0.2, 0.25) is 0 Å². The lowest BCUT2D eigenvalue weighted by atomic mass is 9.72. The molecule has 0 unspecified atom stereocenters. The molecule has 0 radical (unpaired) electrons. The lowest BCUT2D eigenvalue weighted by Gasteiger charge is -2.35. The third-order valence-corrected chi connectivity index (χ3v) is 9.15. The Morgan fingerprint density at radius 1 is 0.800 bits per heavy atom. The molecule has 0 bridgehead atoms. The predicted molar refractivity (Wildman–Crippen MR) is 140 cm³/mol. The van der Waals surface area contributed by atoms with Gasteiger partial charge in [0.15, 0.2) is 9.84 Å². The lowest BCUT2D eigenvalue weighted by Crippen LogP contribution is -2.26. The number of nitrogens with zero attached hydrogens (tertiary/aromatic N) is 1. The van der Waals surface area contributed by atoms with Crippen LogP contribution in [-0.2, 0) is 33.5 Å². The summed E-state index contributed by atoms with van der Waals surface area (Å²) in [5.74, 6) is 1.20. The summed E-state index contributed by atoms with van der Waals surface area (Å²) in [4.78, 5) is 2.90. The maximum atomic E-state index is 12.8. The van der Waals surface area contributed by atoms with Crippen LogP contribution >= 0.6 is 0 Å². The van der Waals surface area contributed by atoms with Crippen LogP contribution in [0.15, 0.2) is 83.8 Å². The zero-order valence-electron chi connectivity index (χ0n) is 20.3. The van der Waals surface area contributed by atoms with Crippen molar-refractivity contribution in [2.45, 2.75) is 55.4 Å². The summed E-state index contributed by atoms with van der Waals surface area (Å²) < 4.78 is 31.7. The summed E-state index contributed by atoms with van der Waals surface area (Å²) in [5, 5.41) is 0. The Bertz CT molecular complexity index is 1200. The van der Waals surface area contributed by atoms with E-state index in [-0.39, 0.29) is 5.75 Å². The van der Waals surface area contributed by atoms with Crippen LogP contribution in [0.4, 0.5) is 0 Å². The number of ether oxygens (including phenoxy) is 1. The van der Waals surface area contributed by atoms with Crippen molar-refractivity contribution in [2.24, 2.45) is 5.92 Å². The number of hydrogen-bond acceptors (Lipinski definition) is 4. The highest BCUT2D eigenvalue weighted by Gasteiger charge is 2.30. The Morgan fingerprint density at radius 3 is 2.17 bits per heavy atom. The van der Waals surface area contributed by atoms with Gasteiger partial charge in [-0.25, -0.2) is 8.42 Å². The summed E-state index contributed by atoms with van der Waals surface area (Å²) in [7, 11) is -3.38. The quantitative estimate of drug-likeness (QED) is 0.352. The molecule has 3 aromatic carbocycles. The van der Waals surface area contributed by atoms with Gasteiger partial charge >= 0.3 is 0 Å². The van der Waals surface area contributed by atoms with Gasteiger partial charge in [-0.05, 0) is 85.0 Å². The van der Waals surface area contributed by atoms with Crippen LogP contribution in [0.25, 0.3) is 0 Å². The second-order valence-electron chi connectivity index (χ2n) is 10.1. The van der Waals surface area contributed by atoms with E-state index < -0.39 is 9.84 Å². The van der Waals surface area contributed by atoms with Crippen LogP contribution in [0.1, 0.15) is 53.9 Å². The van der Waals surface area contributed by atoms with E-state index in [2.05, 4.69) is 29.2 Å². The van der Waals surface area contributed by atoms with E-state index in [0.29, 0.717) is 23.3 Å². The van der Waals surface area contributed by atoms with Gasteiger partial charge in [0.2, 0.25) is 0 Å². The Hall–Kier alpha value is -2.47. The Kier molecular flexibility index (Phi) is 7.66. The first-order chi connectivity index (χ1) is 17.1. The van der Waals surface area contributed by atoms with Gasteiger partial charge in [-0.2, -0.15) is 0 Å². The molecule has 0 aromatic heterocycles.